The molecular formula is C22H27N3O7S. The predicted octanol–water partition coefficient (Wildman–Crippen LogP) is 1.94. The van der Waals surface area contributed by atoms with Crippen molar-refractivity contribution < 1.29 is 32.2 Å². The Morgan fingerprint density at radius 3 is 2.42 bits per heavy atom. The predicted molar refractivity (Wildman–Crippen MR) is 124 cm³/mol. The lowest BCUT2D eigenvalue weighted by Gasteiger charge is -2.27. The molecule has 1 atom stereocenters. The van der Waals surface area contributed by atoms with Gasteiger partial charge in [0.05, 0.1) is 31.9 Å². The van der Waals surface area contributed by atoms with E-state index in [0.29, 0.717) is 29.4 Å². The lowest BCUT2D eigenvalue weighted by molar-refractivity contribution is -0.142. The molecule has 178 valence electrons. The summed E-state index contributed by atoms with van der Waals surface area (Å²) in [6.07, 6.45) is 2.40. The van der Waals surface area contributed by atoms with Gasteiger partial charge in [0, 0.05) is 0 Å². The Kier molecular flexibility index (Phi) is 9.22. The Hall–Kier alpha value is -3.60. The van der Waals surface area contributed by atoms with E-state index < -0.39 is 27.9 Å². The zero-order valence-electron chi connectivity index (χ0n) is 18.8. The van der Waals surface area contributed by atoms with Crippen LogP contribution in [0.25, 0.3) is 0 Å². The van der Waals surface area contributed by atoms with Gasteiger partial charge in [-0.15, -0.1) is 0 Å². The molecule has 10 nitrogen and oxygen atoms in total. The highest BCUT2D eigenvalue weighted by molar-refractivity contribution is 7.92. The minimum atomic E-state index is -3.76. The molecule has 2 aromatic carbocycles. The summed E-state index contributed by atoms with van der Waals surface area (Å²) in [6, 6.07) is 12.0. The van der Waals surface area contributed by atoms with Crippen molar-refractivity contribution in [2.24, 2.45) is 5.10 Å². The van der Waals surface area contributed by atoms with Crippen LogP contribution in [-0.2, 0) is 24.3 Å². The van der Waals surface area contributed by atoms with Gasteiger partial charge in [-0.25, -0.2) is 18.6 Å². The number of carbonyl (C=O) groups excluding carboxylic acids is 2. The second kappa shape index (κ2) is 11.9. The fourth-order valence-corrected chi connectivity index (χ4v) is 3.99. The van der Waals surface area contributed by atoms with Crippen LogP contribution >= 0.6 is 0 Å². The quantitative estimate of drug-likeness (QED) is 0.298. The number of benzene rings is 2. The molecule has 11 heteroatoms. The second-order valence-electron chi connectivity index (χ2n) is 6.83. The maximum absolute atomic E-state index is 12.6. The number of esters is 1. The topological polar surface area (TPSA) is 124 Å². The minimum Gasteiger partial charge on any atom is -0.494 e. The van der Waals surface area contributed by atoms with E-state index >= 15 is 0 Å². The van der Waals surface area contributed by atoms with Crippen LogP contribution in [-0.4, -0.2) is 59.1 Å². The molecule has 0 aromatic heterocycles. The van der Waals surface area contributed by atoms with E-state index in [1.165, 1.54) is 20.2 Å². The van der Waals surface area contributed by atoms with E-state index in [1.807, 2.05) is 6.92 Å². The standard InChI is InChI=1S/C22H27N3O7S/c1-5-31-19-11-9-18(10-12-19)25(33(4,28)29)16(2)22(27)24-23-14-17-7-6-8-20(13-17)32-15-21(26)30-3/h6-14,16H,5,15H2,1-4H3,(H,24,27)/b23-14-/t16-/m1/s1. The SMILES string of the molecule is CCOc1ccc(N([C@H](C)C(=O)N/N=C\c2cccc(OCC(=O)OC)c2)S(C)(=O)=O)cc1. The van der Waals surface area contributed by atoms with Crippen molar-refractivity contribution in [2.45, 2.75) is 19.9 Å². The molecule has 0 unspecified atom stereocenters. The van der Waals surface area contributed by atoms with E-state index in [4.69, 9.17) is 9.47 Å². The molecule has 0 heterocycles. The third-order valence-electron chi connectivity index (χ3n) is 4.32. The van der Waals surface area contributed by atoms with E-state index in [0.717, 1.165) is 10.6 Å². The van der Waals surface area contributed by atoms with Gasteiger partial charge in [0.15, 0.2) is 6.61 Å². The fraction of sp³-hybridized carbons (Fsp3) is 0.318. The Morgan fingerprint density at radius 2 is 1.82 bits per heavy atom. The first-order valence-electron chi connectivity index (χ1n) is 10.0. The van der Waals surface area contributed by atoms with Gasteiger partial charge in [0.2, 0.25) is 10.0 Å². The first-order chi connectivity index (χ1) is 15.7. The van der Waals surface area contributed by atoms with Crippen molar-refractivity contribution in [3.05, 3.63) is 54.1 Å². The third-order valence-corrected chi connectivity index (χ3v) is 5.56. The number of rotatable bonds is 11. The van der Waals surface area contributed by atoms with Crippen molar-refractivity contribution in [3.63, 3.8) is 0 Å². The molecule has 0 fully saturated rings. The lowest BCUT2D eigenvalue weighted by Crippen LogP contribution is -2.46. The molecule has 2 aromatic rings. The van der Waals surface area contributed by atoms with Gasteiger partial charge in [0.1, 0.15) is 17.5 Å². The number of carbonyl (C=O) groups is 2. The number of nitrogens with one attached hydrogen (secondary N) is 1. The van der Waals surface area contributed by atoms with Gasteiger partial charge >= 0.3 is 5.97 Å². The number of hydrogen-bond donors (Lipinski definition) is 1. The number of amides is 1. The molecule has 1 amide bonds. The zero-order chi connectivity index (χ0) is 24.4. The highest BCUT2D eigenvalue weighted by Gasteiger charge is 2.29. The molecule has 1 N–H and O–H groups in total. The summed E-state index contributed by atoms with van der Waals surface area (Å²) in [5, 5.41) is 3.90. The van der Waals surface area contributed by atoms with E-state index in [1.54, 1.807) is 48.5 Å². The van der Waals surface area contributed by atoms with Crippen molar-refractivity contribution >= 4 is 33.8 Å². The smallest absolute Gasteiger partial charge is 0.343 e. The third kappa shape index (κ3) is 7.79. The highest BCUT2D eigenvalue weighted by atomic mass is 32.2. The average Bonchev–Trinajstić information content (AvgIpc) is 2.78. The van der Waals surface area contributed by atoms with E-state index in [-0.39, 0.29) is 6.61 Å². The summed E-state index contributed by atoms with van der Waals surface area (Å²) >= 11 is 0. The molecule has 2 rings (SSSR count). The molecule has 0 spiro atoms. The summed E-state index contributed by atoms with van der Waals surface area (Å²) in [5.74, 6) is -0.126. The Balaban J connectivity index is 2.08. The van der Waals surface area contributed by atoms with Gasteiger partial charge in [0.25, 0.3) is 5.91 Å². The second-order valence-corrected chi connectivity index (χ2v) is 8.69. The number of hydrogen-bond acceptors (Lipinski definition) is 8. The molecule has 0 aliphatic rings. The van der Waals surface area contributed by atoms with Crippen molar-refractivity contribution in [1.82, 2.24) is 5.43 Å². The van der Waals surface area contributed by atoms with Crippen LogP contribution in [0.3, 0.4) is 0 Å². The van der Waals surface area contributed by atoms with Crippen LogP contribution in [0.4, 0.5) is 5.69 Å². The Labute approximate surface area is 193 Å². The molecule has 0 bridgehead atoms. The number of nitrogens with zero attached hydrogens (tertiary/aromatic N) is 2. The van der Waals surface area contributed by atoms with Crippen molar-refractivity contribution in [2.75, 3.05) is 30.9 Å². The van der Waals surface area contributed by atoms with Crippen LogP contribution < -0.4 is 19.2 Å². The summed E-state index contributed by atoms with van der Waals surface area (Å²) < 4.78 is 41.0. The summed E-state index contributed by atoms with van der Waals surface area (Å²) in [7, 11) is -2.50. The molecule has 33 heavy (non-hydrogen) atoms. The lowest BCUT2D eigenvalue weighted by atomic mass is 10.2. The number of methoxy groups -OCH3 is 1. The maximum atomic E-state index is 12.6. The van der Waals surface area contributed by atoms with Crippen LogP contribution in [0.2, 0.25) is 0 Å². The summed E-state index contributed by atoms with van der Waals surface area (Å²) in [4.78, 5) is 23.8. The molecule has 0 aliphatic heterocycles. The molecule has 0 saturated heterocycles. The molecular weight excluding hydrogens is 450 g/mol. The summed E-state index contributed by atoms with van der Waals surface area (Å²) in [5.41, 5.74) is 3.27. The Bertz CT molecular complexity index is 1090. The minimum absolute atomic E-state index is 0.238. The number of sulfonamides is 1. The van der Waals surface area contributed by atoms with Crippen molar-refractivity contribution in [1.29, 1.82) is 0 Å². The van der Waals surface area contributed by atoms with Crippen LogP contribution in [0.5, 0.6) is 11.5 Å². The van der Waals surface area contributed by atoms with Gasteiger partial charge in [-0.3, -0.25) is 9.10 Å². The first-order valence-corrected chi connectivity index (χ1v) is 11.9. The normalized spacial score (nSPS) is 12.1. The monoisotopic (exact) mass is 477 g/mol. The fourth-order valence-electron chi connectivity index (χ4n) is 2.81. The van der Waals surface area contributed by atoms with Crippen LogP contribution in [0, 0.1) is 0 Å². The van der Waals surface area contributed by atoms with Crippen LogP contribution in [0.1, 0.15) is 19.4 Å². The van der Waals surface area contributed by atoms with Gasteiger partial charge in [-0.05, 0) is 55.8 Å². The van der Waals surface area contributed by atoms with Gasteiger partial charge < -0.3 is 14.2 Å². The maximum Gasteiger partial charge on any atom is 0.343 e. The van der Waals surface area contributed by atoms with Gasteiger partial charge in [-0.1, -0.05) is 12.1 Å². The van der Waals surface area contributed by atoms with Gasteiger partial charge in [-0.2, -0.15) is 5.10 Å². The van der Waals surface area contributed by atoms with E-state index in [2.05, 4.69) is 15.3 Å². The largest absolute Gasteiger partial charge is 0.494 e. The summed E-state index contributed by atoms with van der Waals surface area (Å²) in [6.45, 7) is 3.55. The number of hydrazone groups is 1. The first kappa shape index (κ1) is 25.7. The van der Waals surface area contributed by atoms with E-state index in [9.17, 15) is 18.0 Å². The van der Waals surface area contributed by atoms with Crippen molar-refractivity contribution in [3.8, 4) is 11.5 Å². The molecule has 0 radical (unpaired) electrons. The molecule has 0 saturated carbocycles. The Morgan fingerprint density at radius 1 is 1.12 bits per heavy atom. The number of ether oxygens (including phenoxy) is 3. The zero-order valence-corrected chi connectivity index (χ0v) is 19.7. The highest BCUT2D eigenvalue weighted by Crippen LogP contribution is 2.24. The average molecular weight is 478 g/mol. The van der Waals surface area contributed by atoms with Crippen LogP contribution in [0.15, 0.2) is 53.6 Å². The number of anilines is 1. The molecule has 0 aliphatic carbocycles.